The third kappa shape index (κ3) is 3.59. The van der Waals surface area contributed by atoms with E-state index in [9.17, 15) is 8.53 Å². The van der Waals surface area contributed by atoms with E-state index in [1.165, 1.54) is 13.0 Å². The van der Waals surface area contributed by atoms with Crippen LogP contribution in [0.25, 0.3) is 11.3 Å². The molecule has 2 aromatic rings. The number of carbonyl (C=O) groups is 1. The molecule has 1 aromatic heterocycles. The van der Waals surface area contributed by atoms with Crippen LogP contribution in [0.2, 0.25) is 0 Å². The van der Waals surface area contributed by atoms with Crippen molar-refractivity contribution in [2.75, 3.05) is 0 Å². The van der Waals surface area contributed by atoms with Crippen molar-refractivity contribution < 1.29 is 21.5 Å². The zero-order valence-electron chi connectivity index (χ0n) is 11.1. The number of hydrogen-bond donors (Lipinski definition) is 2. The Bertz CT molecular complexity index is 677. The van der Waals surface area contributed by atoms with E-state index in [1.54, 1.807) is 42.6 Å². The fraction of sp³-hybridized carbons (Fsp3) is 0.0769. The Kier molecular flexibility index (Phi) is 4.93. The van der Waals surface area contributed by atoms with Gasteiger partial charge in [-0.1, -0.05) is 0 Å². The fourth-order valence-electron chi connectivity index (χ4n) is 1.69. The number of hydrogen-bond acceptors (Lipinski definition) is 6. The maximum atomic E-state index is 12.6. The summed E-state index contributed by atoms with van der Waals surface area (Å²) in [6.07, 6.45) is 1.58. The standard InChI is InChI=1S/C13H13AsN2O5/c1-10(17)16-20-14(18,21-19)12-7-3-2-6-11(12)13-8-4-5-9-15-13/h2-9,19H,1H3,(H,16,17). The van der Waals surface area contributed by atoms with Gasteiger partial charge in [0.25, 0.3) is 0 Å². The van der Waals surface area contributed by atoms with E-state index >= 15 is 0 Å². The first-order chi connectivity index (χ1) is 10.1. The predicted molar refractivity (Wildman–Crippen MR) is 74.4 cm³/mol. The molecule has 0 aliphatic rings. The molecule has 21 heavy (non-hydrogen) atoms. The van der Waals surface area contributed by atoms with E-state index in [0.717, 1.165) is 0 Å². The second kappa shape index (κ2) is 6.69. The summed E-state index contributed by atoms with van der Waals surface area (Å²) >= 11 is -4.85. The number of carbonyl (C=O) groups excluding carboxylic acids is 1. The van der Waals surface area contributed by atoms with Gasteiger partial charge in [-0.05, 0) is 0 Å². The summed E-state index contributed by atoms with van der Waals surface area (Å²) in [5.41, 5.74) is 2.96. The number of benzene rings is 1. The number of amides is 1. The number of pyridine rings is 1. The van der Waals surface area contributed by atoms with Gasteiger partial charge in [0.2, 0.25) is 0 Å². The van der Waals surface area contributed by atoms with Gasteiger partial charge < -0.3 is 0 Å². The van der Waals surface area contributed by atoms with Crippen molar-refractivity contribution in [1.29, 1.82) is 0 Å². The Morgan fingerprint density at radius 2 is 1.95 bits per heavy atom. The second-order valence-corrected chi connectivity index (χ2v) is 7.88. The van der Waals surface area contributed by atoms with E-state index in [2.05, 4.69) is 8.86 Å². The summed E-state index contributed by atoms with van der Waals surface area (Å²) in [5, 5.41) is 8.99. The van der Waals surface area contributed by atoms with Crippen LogP contribution >= 0.6 is 0 Å². The Morgan fingerprint density at radius 3 is 2.57 bits per heavy atom. The number of hydroxylamine groups is 1. The topological polar surface area (TPSA) is 97.8 Å². The molecule has 0 radical (unpaired) electrons. The molecule has 1 amide bonds. The predicted octanol–water partition coefficient (Wildman–Crippen LogP) is 0.882. The van der Waals surface area contributed by atoms with Gasteiger partial charge in [-0.2, -0.15) is 0 Å². The van der Waals surface area contributed by atoms with Crippen LogP contribution in [0, 0.1) is 0 Å². The third-order valence-electron chi connectivity index (χ3n) is 2.56. The first kappa shape index (κ1) is 15.5. The molecule has 0 aliphatic carbocycles. The Labute approximate surface area is 123 Å². The molecule has 2 N–H and O–H groups in total. The van der Waals surface area contributed by atoms with Crippen molar-refractivity contribution in [3.8, 4) is 11.3 Å². The minimum atomic E-state index is -4.85. The van der Waals surface area contributed by atoms with Gasteiger partial charge in [0.15, 0.2) is 0 Å². The summed E-state index contributed by atoms with van der Waals surface area (Å²) in [5.74, 6) is -0.566. The molecule has 7 nitrogen and oxygen atoms in total. The van der Waals surface area contributed by atoms with Gasteiger partial charge in [-0.3, -0.25) is 0 Å². The molecule has 2 rings (SSSR count). The average Bonchev–Trinajstić information content (AvgIpc) is 2.53. The van der Waals surface area contributed by atoms with Crippen LogP contribution in [0.1, 0.15) is 6.92 Å². The van der Waals surface area contributed by atoms with Crippen molar-refractivity contribution in [3.63, 3.8) is 0 Å². The van der Waals surface area contributed by atoms with Crippen LogP contribution in [0.15, 0.2) is 48.7 Å². The molecule has 0 bridgehead atoms. The first-order valence-corrected chi connectivity index (χ1v) is 9.20. The normalized spacial score (nSPS) is 13.4. The van der Waals surface area contributed by atoms with Gasteiger partial charge in [0.05, 0.1) is 0 Å². The van der Waals surface area contributed by atoms with Gasteiger partial charge in [0.1, 0.15) is 0 Å². The number of rotatable bonds is 5. The maximum absolute atomic E-state index is 12.6. The SMILES string of the molecule is CC(=O)NO[As](=O)(OO)c1ccccc1-c1ccccn1. The molecule has 0 spiro atoms. The van der Waals surface area contributed by atoms with Crippen molar-refractivity contribution in [2.24, 2.45) is 0 Å². The quantitative estimate of drug-likeness (QED) is 0.471. The molecule has 1 aromatic carbocycles. The number of nitrogens with zero attached hydrogens (tertiary/aromatic N) is 1. The zero-order chi connectivity index (χ0) is 15.3. The minimum absolute atomic E-state index is 0.144. The van der Waals surface area contributed by atoms with Crippen molar-refractivity contribution >= 4 is 24.4 Å². The van der Waals surface area contributed by atoms with E-state index in [4.69, 9.17) is 9.08 Å². The van der Waals surface area contributed by atoms with Crippen LogP contribution in [0.4, 0.5) is 0 Å². The summed E-state index contributed by atoms with van der Waals surface area (Å²) in [7, 11) is 0. The molecule has 110 valence electrons. The van der Waals surface area contributed by atoms with Crippen LogP contribution in [0.5, 0.6) is 0 Å². The molecule has 0 fully saturated rings. The summed E-state index contributed by atoms with van der Waals surface area (Å²) in [6.45, 7) is 1.18. The zero-order valence-corrected chi connectivity index (χ0v) is 13.0. The van der Waals surface area contributed by atoms with E-state index in [0.29, 0.717) is 11.3 Å². The van der Waals surface area contributed by atoms with Gasteiger partial charge in [-0.15, -0.1) is 0 Å². The molecule has 0 aliphatic heterocycles. The average molecular weight is 352 g/mol. The van der Waals surface area contributed by atoms with Gasteiger partial charge >= 0.3 is 123 Å². The molecule has 0 saturated heterocycles. The van der Waals surface area contributed by atoms with Crippen LogP contribution in [-0.2, 0) is 16.2 Å². The molecular weight excluding hydrogens is 339 g/mol. The van der Waals surface area contributed by atoms with Crippen LogP contribution in [-0.4, -0.2) is 30.3 Å². The Balaban J connectivity index is 2.48. The van der Waals surface area contributed by atoms with Crippen molar-refractivity contribution in [3.05, 3.63) is 48.7 Å². The summed E-state index contributed by atoms with van der Waals surface area (Å²) in [4.78, 5) is 15.1. The molecule has 1 atom stereocenters. The van der Waals surface area contributed by atoms with Gasteiger partial charge in [-0.25, -0.2) is 0 Å². The monoisotopic (exact) mass is 352 g/mol. The molecule has 1 unspecified atom stereocenters. The van der Waals surface area contributed by atoms with Crippen LogP contribution < -0.4 is 9.83 Å². The second-order valence-electron chi connectivity index (χ2n) is 4.06. The summed E-state index contributed by atoms with van der Waals surface area (Å²) in [6, 6.07) is 11.7. The molecule has 0 saturated carbocycles. The van der Waals surface area contributed by atoms with Gasteiger partial charge in [0, 0.05) is 0 Å². The Morgan fingerprint density at radius 1 is 1.24 bits per heavy atom. The third-order valence-corrected chi connectivity index (χ3v) is 5.76. The first-order valence-electron chi connectivity index (χ1n) is 5.96. The van der Waals surface area contributed by atoms with E-state index in [1.807, 2.05) is 5.48 Å². The molecular formula is C13H13AsN2O5. The Hall–Kier alpha value is -1.92. The van der Waals surface area contributed by atoms with Crippen LogP contribution in [0.3, 0.4) is 0 Å². The fourth-order valence-corrected chi connectivity index (χ4v) is 4.25. The van der Waals surface area contributed by atoms with E-state index in [-0.39, 0.29) is 4.35 Å². The van der Waals surface area contributed by atoms with Crippen molar-refractivity contribution in [2.45, 2.75) is 6.92 Å². The molecule has 8 heteroatoms. The number of aromatic nitrogens is 1. The molecule has 1 heterocycles. The van der Waals surface area contributed by atoms with E-state index < -0.39 is 20.1 Å². The van der Waals surface area contributed by atoms with Crippen molar-refractivity contribution in [1.82, 2.24) is 10.5 Å². The number of nitrogens with one attached hydrogen (secondary N) is 1. The summed E-state index contributed by atoms with van der Waals surface area (Å²) < 4.78 is 21.6.